The van der Waals surface area contributed by atoms with Crippen molar-refractivity contribution in [2.45, 2.75) is 32.2 Å². The normalized spacial score (nSPS) is 18.9. The molecule has 1 aliphatic rings. The predicted octanol–water partition coefficient (Wildman–Crippen LogP) is 1.72. The van der Waals surface area contributed by atoms with Crippen LogP contribution in [0.25, 0.3) is 5.65 Å². The van der Waals surface area contributed by atoms with Crippen LogP contribution in [-0.4, -0.2) is 43.9 Å². The number of carbonyl (C=O) groups excluding carboxylic acids is 1. The molecule has 1 atom stereocenters. The van der Waals surface area contributed by atoms with Crippen LogP contribution in [0.1, 0.15) is 35.3 Å². The summed E-state index contributed by atoms with van der Waals surface area (Å²) in [6.45, 7) is 2.44. The molecule has 3 rings (SSSR count). The van der Waals surface area contributed by atoms with Gasteiger partial charge in [-0.2, -0.15) is 0 Å². The number of aryl methyl sites for hydroxylation is 1. The Kier molecular flexibility index (Phi) is 3.37. The van der Waals surface area contributed by atoms with Gasteiger partial charge >= 0.3 is 5.97 Å². The number of hydrogen-bond acceptors (Lipinski definition) is 3. The highest BCUT2D eigenvalue weighted by molar-refractivity contribution is 5.95. The van der Waals surface area contributed by atoms with Crippen molar-refractivity contribution in [3.63, 3.8) is 0 Å². The number of aliphatic carboxylic acids is 1. The van der Waals surface area contributed by atoms with E-state index in [2.05, 4.69) is 4.98 Å². The summed E-state index contributed by atoms with van der Waals surface area (Å²) in [4.78, 5) is 29.6. The third-order valence-electron chi connectivity index (χ3n) is 3.87. The van der Waals surface area contributed by atoms with Gasteiger partial charge in [-0.25, -0.2) is 9.78 Å². The van der Waals surface area contributed by atoms with Crippen molar-refractivity contribution < 1.29 is 14.7 Å². The minimum Gasteiger partial charge on any atom is -0.480 e. The number of amides is 1. The number of carboxylic acids is 1. The summed E-state index contributed by atoms with van der Waals surface area (Å²) < 4.78 is 1.79. The Morgan fingerprint density at radius 3 is 2.86 bits per heavy atom. The molecule has 1 saturated heterocycles. The first kappa shape index (κ1) is 13.6. The lowest BCUT2D eigenvalue weighted by Crippen LogP contribution is -2.48. The number of carboxylic acid groups (broad SMARTS) is 1. The van der Waals surface area contributed by atoms with Crippen molar-refractivity contribution in [3.8, 4) is 0 Å². The highest BCUT2D eigenvalue weighted by Gasteiger charge is 2.33. The fourth-order valence-electron chi connectivity index (χ4n) is 2.78. The summed E-state index contributed by atoms with van der Waals surface area (Å²) in [7, 11) is 0. The Balaban J connectivity index is 1.93. The van der Waals surface area contributed by atoms with Crippen LogP contribution in [0, 0.1) is 6.92 Å². The Bertz CT molecular complexity index is 707. The number of carbonyl (C=O) groups is 2. The van der Waals surface area contributed by atoms with E-state index in [9.17, 15) is 14.7 Å². The van der Waals surface area contributed by atoms with Crippen molar-refractivity contribution in [3.05, 3.63) is 35.8 Å². The van der Waals surface area contributed by atoms with Crippen LogP contribution in [0.3, 0.4) is 0 Å². The SMILES string of the molecule is Cc1ccc2nc(C(=O)N3CCCCC3C(=O)O)cn2c1. The molecule has 0 spiro atoms. The second kappa shape index (κ2) is 5.20. The largest absolute Gasteiger partial charge is 0.480 e. The molecule has 6 heteroatoms. The van der Waals surface area contributed by atoms with Gasteiger partial charge in [-0.1, -0.05) is 6.07 Å². The average Bonchev–Trinajstić information content (AvgIpc) is 2.89. The monoisotopic (exact) mass is 287 g/mol. The number of piperidine rings is 1. The summed E-state index contributed by atoms with van der Waals surface area (Å²) >= 11 is 0. The minimum atomic E-state index is -0.942. The molecular formula is C15H17N3O3. The standard InChI is InChI=1S/C15H17N3O3/c1-10-5-6-13-16-11(9-17(13)8-10)14(19)18-7-3-2-4-12(18)15(20)21/h5-6,8-9,12H,2-4,7H2,1H3,(H,20,21). The van der Waals surface area contributed by atoms with Crippen molar-refractivity contribution in [2.75, 3.05) is 6.54 Å². The van der Waals surface area contributed by atoms with Crippen molar-refractivity contribution in [1.29, 1.82) is 0 Å². The molecule has 3 heterocycles. The molecule has 2 aromatic heterocycles. The molecular weight excluding hydrogens is 270 g/mol. The maximum atomic E-state index is 12.6. The maximum Gasteiger partial charge on any atom is 0.326 e. The summed E-state index contributed by atoms with van der Waals surface area (Å²) in [5.74, 6) is -1.24. The van der Waals surface area contributed by atoms with Crippen molar-refractivity contribution in [2.24, 2.45) is 0 Å². The van der Waals surface area contributed by atoms with Crippen LogP contribution >= 0.6 is 0 Å². The van der Waals surface area contributed by atoms with Gasteiger partial charge in [0.25, 0.3) is 5.91 Å². The van der Waals surface area contributed by atoms with E-state index in [1.807, 2.05) is 25.3 Å². The summed E-state index contributed by atoms with van der Waals surface area (Å²) in [5, 5.41) is 9.26. The molecule has 0 radical (unpaired) electrons. The lowest BCUT2D eigenvalue weighted by Gasteiger charge is -2.32. The van der Waals surface area contributed by atoms with E-state index in [4.69, 9.17) is 0 Å². The van der Waals surface area contributed by atoms with Crippen LogP contribution in [0.15, 0.2) is 24.5 Å². The van der Waals surface area contributed by atoms with Crippen molar-refractivity contribution in [1.82, 2.24) is 14.3 Å². The van der Waals surface area contributed by atoms with Gasteiger partial charge in [0.15, 0.2) is 0 Å². The molecule has 1 aliphatic heterocycles. The second-order valence-corrected chi connectivity index (χ2v) is 5.45. The van der Waals surface area contributed by atoms with E-state index in [-0.39, 0.29) is 5.91 Å². The van der Waals surface area contributed by atoms with Crippen molar-refractivity contribution >= 4 is 17.5 Å². The van der Waals surface area contributed by atoms with E-state index in [0.29, 0.717) is 24.3 Å². The highest BCUT2D eigenvalue weighted by Crippen LogP contribution is 2.20. The van der Waals surface area contributed by atoms with Crippen LogP contribution < -0.4 is 0 Å². The fourth-order valence-corrected chi connectivity index (χ4v) is 2.78. The molecule has 0 aromatic carbocycles. The molecule has 110 valence electrons. The highest BCUT2D eigenvalue weighted by atomic mass is 16.4. The zero-order chi connectivity index (χ0) is 15.0. The topological polar surface area (TPSA) is 74.9 Å². The first-order valence-electron chi connectivity index (χ1n) is 7.05. The van der Waals surface area contributed by atoms with Gasteiger partial charge in [-0.05, 0) is 37.8 Å². The Hall–Kier alpha value is -2.37. The van der Waals surface area contributed by atoms with E-state index in [1.165, 1.54) is 4.90 Å². The van der Waals surface area contributed by atoms with Crippen LogP contribution in [0.4, 0.5) is 0 Å². The molecule has 21 heavy (non-hydrogen) atoms. The number of rotatable bonds is 2. The molecule has 2 aromatic rings. The maximum absolute atomic E-state index is 12.6. The predicted molar refractivity (Wildman–Crippen MR) is 76.2 cm³/mol. The zero-order valence-electron chi connectivity index (χ0n) is 11.8. The molecule has 1 N–H and O–H groups in total. The number of hydrogen-bond donors (Lipinski definition) is 1. The zero-order valence-corrected chi connectivity index (χ0v) is 11.8. The number of likely N-dealkylation sites (tertiary alicyclic amines) is 1. The summed E-state index contributed by atoms with van der Waals surface area (Å²) in [6, 6.07) is 3.03. The van der Waals surface area contributed by atoms with Crippen LogP contribution in [-0.2, 0) is 4.79 Å². The van der Waals surface area contributed by atoms with Gasteiger partial charge in [-0.3, -0.25) is 4.79 Å². The number of nitrogens with zero attached hydrogens (tertiary/aromatic N) is 3. The van der Waals surface area contributed by atoms with Crippen LogP contribution in [0.2, 0.25) is 0 Å². The molecule has 0 bridgehead atoms. The average molecular weight is 287 g/mol. The van der Waals surface area contributed by atoms with Gasteiger partial charge in [0.2, 0.25) is 0 Å². The third-order valence-corrected chi connectivity index (χ3v) is 3.87. The second-order valence-electron chi connectivity index (χ2n) is 5.45. The number of pyridine rings is 1. The minimum absolute atomic E-state index is 0.300. The molecule has 6 nitrogen and oxygen atoms in total. The Labute approximate surface area is 122 Å². The molecule has 1 amide bonds. The van der Waals surface area contributed by atoms with Gasteiger partial charge in [0, 0.05) is 18.9 Å². The van der Waals surface area contributed by atoms with Gasteiger partial charge in [-0.15, -0.1) is 0 Å². The molecule has 0 aliphatic carbocycles. The van der Waals surface area contributed by atoms with Gasteiger partial charge < -0.3 is 14.4 Å². The lowest BCUT2D eigenvalue weighted by molar-refractivity contribution is -0.143. The fraction of sp³-hybridized carbons (Fsp3) is 0.400. The Morgan fingerprint density at radius 1 is 1.29 bits per heavy atom. The first-order chi connectivity index (χ1) is 10.1. The smallest absolute Gasteiger partial charge is 0.326 e. The van der Waals surface area contributed by atoms with Gasteiger partial charge in [0.05, 0.1) is 0 Å². The van der Waals surface area contributed by atoms with E-state index in [1.54, 1.807) is 10.6 Å². The van der Waals surface area contributed by atoms with Gasteiger partial charge in [0.1, 0.15) is 17.4 Å². The number of imidazole rings is 1. The lowest BCUT2D eigenvalue weighted by atomic mass is 10.0. The third kappa shape index (κ3) is 2.49. The molecule has 0 saturated carbocycles. The summed E-state index contributed by atoms with van der Waals surface area (Å²) in [6.07, 6.45) is 5.74. The number of fused-ring (bicyclic) bond motifs is 1. The molecule has 1 unspecified atom stereocenters. The quantitative estimate of drug-likeness (QED) is 0.912. The number of aromatic nitrogens is 2. The molecule has 1 fully saturated rings. The van der Waals surface area contributed by atoms with E-state index >= 15 is 0 Å². The Morgan fingerprint density at radius 2 is 2.10 bits per heavy atom. The van der Waals surface area contributed by atoms with Crippen LogP contribution in [0.5, 0.6) is 0 Å². The van der Waals surface area contributed by atoms with E-state index < -0.39 is 12.0 Å². The first-order valence-corrected chi connectivity index (χ1v) is 7.05. The van der Waals surface area contributed by atoms with E-state index in [0.717, 1.165) is 18.4 Å². The summed E-state index contributed by atoms with van der Waals surface area (Å²) in [5.41, 5.74) is 2.06.